The standard InChI is InChI=1S/C13H19ClN4/c1-10-8-12(16-13(14)15-10)18-7-4-11(9-18)17-5-2-3-6-17/h8,11H,2-7,9H2,1H3. The van der Waals surface area contributed by atoms with E-state index in [9.17, 15) is 0 Å². The van der Waals surface area contributed by atoms with Crippen LogP contribution in [0.1, 0.15) is 25.0 Å². The van der Waals surface area contributed by atoms with Crippen LogP contribution in [-0.4, -0.2) is 47.1 Å². The largest absolute Gasteiger partial charge is 0.355 e. The smallest absolute Gasteiger partial charge is 0.224 e. The Kier molecular flexibility index (Phi) is 3.39. The van der Waals surface area contributed by atoms with Crippen molar-refractivity contribution in [3.63, 3.8) is 0 Å². The summed E-state index contributed by atoms with van der Waals surface area (Å²) in [5, 5.41) is 0.356. The van der Waals surface area contributed by atoms with E-state index in [-0.39, 0.29) is 0 Å². The van der Waals surface area contributed by atoms with Crippen LogP contribution in [0, 0.1) is 6.92 Å². The topological polar surface area (TPSA) is 32.3 Å². The van der Waals surface area contributed by atoms with Gasteiger partial charge in [0.2, 0.25) is 5.28 Å². The third-order valence-electron chi connectivity index (χ3n) is 3.96. The van der Waals surface area contributed by atoms with Crippen molar-refractivity contribution < 1.29 is 0 Å². The van der Waals surface area contributed by atoms with E-state index in [4.69, 9.17) is 11.6 Å². The molecule has 0 aliphatic carbocycles. The predicted octanol–water partition coefficient (Wildman–Crippen LogP) is 2.11. The molecule has 0 saturated carbocycles. The Balaban J connectivity index is 1.70. The van der Waals surface area contributed by atoms with Gasteiger partial charge in [0.15, 0.2) is 0 Å². The van der Waals surface area contributed by atoms with Gasteiger partial charge in [0.1, 0.15) is 5.82 Å². The Bertz CT molecular complexity index is 411. The maximum Gasteiger partial charge on any atom is 0.224 e. The molecule has 0 aromatic carbocycles. The van der Waals surface area contributed by atoms with E-state index in [1.54, 1.807) is 0 Å². The number of halogens is 1. The molecule has 5 heteroatoms. The lowest BCUT2D eigenvalue weighted by molar-refractivity contribution is 0.260. The van der Waals surface area contributed by atoms with Crippen LogP contribution < -0.4 is 4.90 Å². The maximum atomic E-state index is 5.93. The van der Waals surface area contributed by atoms with Crippen LogP contribution in [-0.2, 0) is 0 Å². The van der Waals surface area contributed by atoms with Crippen LogP contribution in [0.15, 0.2) is 6.07 Å². The lowest BCUT2D eigenvalue weighted by Gasteiger charge is -2.24. The average Bonchev–Trinajstić information content (AvgIpc) is 2.99. The number of hydrogen-bond donors (Lipinski definition) is 0. The van der Waals surface area contributed by atoms with Crippen molar-refractivity contribution in [2.75, 3.05) is 31.1 Å². The molecule has 0 amide bonds. The van der Waals surface area contributed by atoms with Crippen LogP contribution in [0.3, 0.4) is 0 Å². The van der Waals surface area contributed by atoms with Crippen molar-refractivity contribution in [1.29, 1.82) is 0 Å². The Morgan fingerprint density at radius 1 is 1.22 bits per heavy atom. The quantitative estimate of drug-likeness (QED) is 0.768. The number of rotatable bonds is 2. The van der Waals surface area contributed by atoms with Gasteiger partial charge in [-0.25, -0.2) is 9.97 Å². The normalized spacial score (nSPS) is 25.0. The Morgan fingerprint density at radius 3 is 2.72 bits per heavy atom. The summed E-state index contributed by atoms with van der Waals surface area (Å²) in [7, 11) is 0. The molecule has 4 nitrogen and oxygen atoms in total. The second kappa shape index (κ2) is 5.02. The highest BCUT2D eigenvalue weighted by atomic mass is 35.5. The summed E-state index contributed by atoms with van der Waals surface area (Å²) < 4.78 is 0. The van der Waals surface area contributed by atoms with Gasteiger partial charge in [0, 0.05) is 30.9 Å². The summed E-state index contributed by atoms with van der Waals surface area (Å²) >= 11 is 5.93. The highest BCUT2D eigenvalue weighted by Crippen LogP contribution is 2.25. The Hall–Kier alpha value is -0.870. The van der Waals surface area contributed by atoms with E-state index >= 15 is 0 Å². The molecule has 98 valence electrons. The Labute approximate surface area is 113 Å². The van der Waals surface area contributed by atoms with E-state index in [1.807, 2.05) is 13.0 Å². The monoisotopic (exact) mass is 266 g/mol. The maximum absolute atomic E-state index is 5.93. The van der Waals surface area contributed by atoms with Crippen molar-refractivity contribution >= 4 is 17.4 Å². The lowest BCUT2D eigenvalue weighted by Crippen LogP contribution is -2.35. The number of aromatic nitrogens is 2. The summed E-state index contributed by atoms with van der Waals surface area (Å²) in [6.45, 7) is 6.65. The minimum atomic E-state index is 0.356. The van der Waals surface area contributed by atoms with E-state index in [0.29, 0.717) is 11.3 Å². The van der Waals surface area contributed by atoms with Crippen molar-refractivity contribution in [1.82, 2.24) is 14.9 Å². The first-order valence-corrected chi connectivity index (χ1v) is 7.10. The van der Waals surface area contributed by atoms with Gasteiger partial charge in [-0.3, -0.25) is 4.90 Å². The summed E-state index contributed by atoms with van der Waals surface area (Å²) in [6, 6.07) is 2.72. The first-order valence-electron chi connectivity index (χ1n) is 6.72. The molecule has 0 bridgehead atoms. The third kappa shape index (κ3) is 2.45. The number of nitrogens with zero attached hydrogens (tertiary/aromatic N) is 4. The molecule has 1 unspecified atom stereocenters. The van der Waals surface area contributed by atoms with E-state index in [1.165, 1.54) is 32.4 Å². The van der Waals surface area contributed by atoms with Gasteiger partial charge < -0.3 is 4.90 Å². The van der Waals surface area contributed by atoms with Crippen molar-refractivity contribution in [2.24, 2.45) is 0 Å². The Morgan fingerprint density at radius 2 is 2.00 bits per heavy atom. The second-order valence-electron chi connectivity index (χ2n) is 5.27. The number of anilines is 1. The summed E-state index contributed by atoms with van der Waals surface area (Å²) in [5.41, 5.74) is 0.939. The minimum absolute atomic E-state index is 0.356. The van der Waals surface area contributed by atoms with E-state index in [2.05, 4.69) is 19.8 Å². The molecule has 18 heavy (non-hydrogen) atoms. The van der Waals surface area contributed by atoms with Gasteiger partial charge in [-0.15, -0.1) is 0 Å². The fourth-order valence-corrected chi connectivity index (χ4v) is 3.25. The first-order chi connectivity index (χ1) is 8.72. The highest BCUT2D eigenvalue weighted by Gasteiger charge is 2.29. The van der Waals surface area contributed by atoms with Gasteiger partial charge in [-0.2, -0.15) is 0 Å². The SMILES string of the molecule is Cc1cc(N2CCC(N3CCCC3)C2)nc(Cl)n1. The molecule has 1 aromatic rings. The number of likely N-dealkylation sites (tertiary alicyclic amines) is 1. The van der Waals surface area contributed by atoms with Crippen molar-refractivity contribution in [3.05, 3.63) is 17.0 Å². The van der Waals surface area contributed by atoms with Gasteiger partial charge in [-0.1, -0.05) is 0 Å². The molecular weight excluding hydrogens is 248 g/mol. The first kappa shape index (κ1) is 12.2. The van der Waals surface area contributed by atoms with Crippen LogP contribution in [0.25, 0.3) is 0 Å². The zero-order valence-corrected chi connectivity index (χ0v) is 11.5. The molecule has 0 spiro atoms. The van der Waals surface area contributed by atoms with Gasteiger partial charge in [0.05, 0.1) is 0 Å². The molecule has 0 N–H and O–H groups in total. The molecule has 3 rings (SSSR count). The molecule has 3 heterocycles. The van der Waals surface area contributed by atoms with Crippen molar-refractivity contribution in [2.45, 2.75) is 32.2 Å². The number of aryl methyl sites for hydroxylation is 1. The fraction of sp³-hybridized carbons (Fsp3) is 0.692. The van der Waals surface area contributed by atoms with E-state index in [0.717, 1.165) is 24.6 Å². The van der Waals surface area contributed by atoms with Crippen LogP contribution in [0.4, 0.5) is 5.82 Å². The molecule has 2 aliphatic rings. The summed E-state index contributed by atoms with van der Waals surface area (Å²) in [5.74, 6) is 0.981. The molecule has 2 fully saturated rings. The van der Waals surface area contributed by atoms with Gasteiger partial charge in [-0.05, 0) is 50.9 Å². The zero-order valence-electron chi connectivity index (χ0n) is 10.8. The summed E-state index contributed by atoms with van der Waals surface area (Å²) in [6.07, 6.45) is 3.95. The number of hydrogen-bond acceptors (Lipinski definition) is 4. The molecule has 0 radical (unpaired) electrons. The third-order valence-corrected chi connectivity index (χ3v) is 4.13. The van der Waals surface area contributed by atoms with Gasteiger partial charge >= 0.3 is 0 Å². The average molecular weight is 267 g/mol. The van der Waals surface area contributed by atoms with Crippen LogP contribution in [0.5, 0.6) is 0 Å². The predicted molar refractivity (Wildman–Crippen MR) is 73.2 cm³/mol. The van der Waals surface area contributed by atoms with Crippen LogP contribution >= 0.6 is 11.6 Å². The van der Waals surface area contributed by atoms with Gasteiger partial charge in [0.25, 0.3) is 0 Å². The molecule has 2 saturated heterocycles. The van der Waals surface area contributed by atoms with E-state index < -0.39 is 0 Å². The molecule has 1 atom stereocenters. The second-order valence-corrected chi connectivity index (χ2v) is 5.61. The zero-order chi connectivity index (χ0) is 12.5. The summed E-state index contributed by atoms with van der Waals surface area (Å²) in [4.78, 5) is 13.4. The fourth-order valence-electron chi connectivity index (χ4n) is 3.03. The van der Waals surface area contributed by atoms with Crippen molar-refractivity contribution in [3.8, 4) is 0 Å². The molecule has 2 aliphatic heterocycles. The minimum Gasteiger partial charge on any atom is -0.355 e. The van der Waals surface area contributed by atoms with Crippen LogP contribution in [0.2, 0.25) is 5.28 Å². The molecule has 1 aromatic heterocycles. The lowest BCUT2D eigenvalue weighted by atomic mass is 10.2. The highest BCUT2D eigenvalue weighted by molar-refractivity contribution is 6.28. The molecular formula is C13H19ClN4.